The molecular formula is C28H28N4O4. The minimum Gasteiger partial charge on any atom is -0.474 e. The van der Waals surface area contributed by atoms with Crippen LogP contribution in [0.4, 0.5) is 10.5 Å². The van der Waals surface area contributed by atoms with E-state index in [0.717, 1.165) is 17.7 Å². The van der Waals surface area contributed by atoms with Crippen LogP contribution in [0, 0.1) is 0 Å². The number of carbonyl (C=O) groups is 3. The highest BCUT2D eigenvalue weighted by molar-refractivity contribution is 6.12. The highest BCUT2D eigenvalue weighted by Gasteiger charge is 2.42. The number of rotatable bonds is 7. The maximum absolute atomic E-state index is 13.2. The van der Waals surface area contributed by atoms with Crippen molar-refractivity contribution in [1.29, 1.82) is 0 Å². The van der Waals surface area contributed by atoms with Gasteiger partial charge in [0.1, 0.15) is 18.2 Å². The second-order valence-corrected chi connectivity index (χ2v) is 9.23. The van der Waals surface area contributed by atoms with Gasteiger partial charge in [-0.1, -0.05) is 42.5 Å². The zero-order chi connectivity index (χ0) is 25.1. The summed E-state index contributed by atoms with van der Waals surface area (Å²) in [6.45, 7) is 0.0448. The molecule has 184 valence electrons. The summed E-state index contributed by atoms with van der Waals surface area (Å²) in [6, 6.07) is 20.8. The Kier molecular flexibility index (Phi) is 6.66. The van der Waals surface area contributed by atoms with Crippen LogP contribution in [-0.4, -0.2) is 46.4 Å². The standard InChI is InChI=1S/C28H28N4O4/c29-26(34)24-7-4-16-30-27(24)36-23-14-12-22(13-15-23)32-25(33)18-31(28(32)35)21-10-8-20(9-11-21)17-19-5-2-1-3-6-19/h1-11,16,22-23H,12-15,17-18H2,(H2,29,34). The van der Waals surface area contributed by atoms with Crippen molar-refractivity contribution in [2.24, 2.45) is 5.73 Å². The first-order valence-corrected chi connectivity index (χ1v) is 12.2. The third-order valence-electron chi connectivity index (χ3n) is 6.82. The van der Waals surface area contributed by atoms with Crippen molar-refractivity contribution < 1.29 is 19.1 Å². The summed E-state index contributed by atoms with van der Waals surface area (Å²) >= 11 is 0. The Bertz CT molecular complexity index is 1250. The van der Waals surface area contributed by atoms with Gasteiger partial charge in [0.15, 0.2) is 0 Å². The predicted octanol–water partition coefficient (Wildman–Crippen LogP) is 3.93. The minimum atomic E-state index is -0.590. The molecule has 1 aromatic heterocycles. The maximum atomic E-state index is 13.2. The van der Waals surface area contributed by atoms with Crippen LogP contribution in [0.2, 0.25) is 0 Å². The average molecular weight is 485 g/mol. The molecule has 1 saturated heterocycles. The van der Waals surface area contributed by atoms with Crippen LogP contribution in [0.15, 0.2) is 72.9 Å². The molecule has 8 heteroatoms. The van der Waals surface area contributed by atoms with Gasteiger partial charge in [-0.15, -0.1) is 0 Å². The summed E-state index contributed by atoms with van der Waals surface area (Å²) in [4.78, 5) is 44.8. The van der Waals surface area contributed by atoms with Gasteiger partial charge in [-0.2, -0.15) is 0 Å². The van der Waals surface area contributed by atoms with Crippen LogP contribution in [0.25, 0.3) is 0 Å². The Morgan fingerprint density at radius 3 is 2.31 bits per heavy atom. The highest BCUT2D eigenvalue weighted by atomic mass is 16.5. The summed E-state index contributed by atoms with van der Waals surface area (Å²) in [5.74, 6) is -0.546. The first-order valence-electron chi connectivity index (χ1n) is 12.2. The van der Waals surface area contributed by atoms with Crippen LogP contribution in [-0.2, 0) is 11.2 Å². The Balaban J connectivity index is 1.20. The van der Waals surface area contributed by atoms with Crippen molar-refractivity contribution in [2.75, 3.05) is 11.4 Å². The Labute approximate surface area is 209 Å². The fourth-order valence-corrected chi connectivity index (χ4v) is 4.95. The van der Waals surface area contributed by atoms with E-state index >= 15 is 0 Å². The number of imide groups is 1. The van der Waals surface area contributed by atoms with Crippen LogP contribution >= 0.6 is 0 Å². The van der Waals surface area contributed by atoms with Gasteiger partial charge in [-0.3, -0.25) is 19.4 Å². The van der Waals surface area contributed by atoms with E-state index in [-0.39, 0.29) is 42.1 Å². The van der Waals surface area contributed by atoms with E-state index in [9.17, 15) is 14.4 Å². The lowest BCUT2D eigenvalue weighted by molar-refractivity contribution is -0.127. The molecule has 0 unspecified atom stereocenters. The number of nitrogens with zero attached hydrogens (tertiary/aromatic N) is 3. The second kappa shape index (κ2) is 10.2. The lowest BCUT2D eigenvalue weighted by Gasteiger charge is -2.33. The van der Waals surface area contributed by atoms with E-state index in [1.54, 1.807) is 23.2 Å². The number of urea groups is 1. The SMILES string of the molecule is NC(=O)c1cccnc1OC1CCC(N2C(=O)CN(c3ccc(Cc4ccccc4)cc3)C2=O)CC1. The summed E-state index contributed by atoms with van der Waals surface area (Å²) < 4.78 is 5.95. The maximum Gasteiger partial charge on any atom is 0.331 e. The third-order valence-corrected chi connectivity index (χ3v) is 6.82. The number of hydrogen-bond acceptors (Lipinski definition) is 5. The molecule has 1 aliphatic carbocycles. The van der Waals surface area contributed by atoms with E-state index in [2.05, 4.69) is 17.1 Å². The van der Waals surface area contributed by atoms with Gasteiger partial charge in [0.25, 0.3) is 11.8 Å². The van der Waals surface area contributed by atoms with Crippen molar-refractivity contribution in [3.63, 3.8) is 0 Å². The number of ether oxygens (including phenoxy) is 1. The summed E-state index contributed by atoms with van der Waals surface area (Å²) in [5, 5.41) is 0. The molecule has 0 spiro atoms. The highest BCUT2D eigenvalue weighted by Crippen LogP contribution is 2.31. The van der Waals surface area contributed by atoms with E-state index in [1.807, 2.05) is 42.5 Å². The zero-order valence-corrected chi connectivity index (χ0v) is 19.9. The third kappa shape index (κ3) is 4.93. The largest absolute Gasteiger partial charge is 0.474 e. The molecule has 8 nitrogen and oxygen atoms in total. The number of benzene rings is 2. The van der Waals surface area contributed by atoms with Gasteiger partial charge in [-0.25, -0.2) is 9.78 Å². The normalized spacial score (nSPS) is 20.0. The van der Waals surface area contributed by atoms with Crippen LogP contribution < -0.4 is 15.4 Å². The van der Waals surface area contributed by atoms with Crippen molar-refractivity contribution in [1.82, 2.24) is 9.88 Å². The number of anilines is 1. The van der Waals surface area contributed by atoms with E-state index in [4.69, 9.17) is 10.5 Å². The topological polar surface area (TPSA) is 106 Å². The molecule has 5 rings (SSSR count). The van der Waals surface area contributed by atoms with Gasteiger partial charge in [0.2, 0.25) is 5.88 Å². The number of pyridine rings is 1. The van der Waals surface area contributed by atoms with Crippen LogP contribution in [0.3, 0.4) is 0 Å². The number of primary amides is 1. The average Bonchev–Trinajstić information content (AvgIpc) is 3.19. The summed E-state index contributed by atoms with van der Waals surface area (Å²) in [6.07, 6.45) is 4.75. The minimum absolute atomic E-state index is 0.0448. The molecule has 2 aliphatic rings. The molecule has 1 aliphatic heterocycles. The number of aromatic nitrogens is 1. The molecule has 36 heavy (non-hydrogen) atoms. The molecule has 2 aromatic carbocycles. The van der Waals surface area contributed by atoms with Crippen molar-refractivity contribution >= 4 is 23.5 Å². The van der Waals surface area contributed by atoms with Crippen LogP contribution in [0.5, 0.6) is 5.88 Å². The lowest BCUT2D eigenvalue weighted by atomic mass is 9.92. The van der Waals surface area contributed by atoms with Gasteiger partial charge >= 0.3 is 6.03 Å². The van der Waals surface area contributed by atoms with Gasteiger partial charge < -0.3 is 10.5 Å². The predicted molar refractivity (Wildman–Crippen MR) is 135 cm³/mol. The first kappa shape index (κ1) is 23.5. The van der Waals surface area contributed by atoms with E-state index < -0.39 is 5.91 Å². The Morgan fingerprint density at radius 1 is 0.917 bits per heavy atom. The monoisotopic (exact) mass is 484 g/mol. The number of amides is 4. The van der Waals surface area contributed by atoms with Crippen molar-refractivity contribution in [2.45, 2.75) is 44.2 Å². The van der Waals surface area contributed by atoms with E-state index in [0.29, 0.717) is 25.7 Å². The molecule has 2 heterocycles. The van der Waals surface area contributed by atoms with Gasteiger partial charge in [-0.05, 0) is 67.5 Å². The fourth-order valence-electron chi connectivity index (χ4n) is 4.95. The molecular weight excluding hydrogens is 456 g/mol. The number of hydrogen-bond donors (Lipinski definition) is 1. The molecule has 0 bridgehead atoms. The van der Waals surface area contributed by atoms with E-state index in [1.165, 1.54) is 10.5 Å². The van der Waals surface area contributed by atoms with Crippen LogP contribution in [0.1, 0.15) is 47.2 Å². The number of carbonyl (C=O) groups excluding carboxylic acids is 3. The molecule has 0 atom stereocenters. The molecule has 2 fully saturated rings. The first-order chi connectivity index (χ1) is 17.5. The fraction of sp³-hybridized carbons (Fsp3) is 0.286. The smallest absolute Gasteiger partial charge is 0.331 e. The van der Waals surface area contributed by atoms with Gasteiger partial charge in [0, 0.05) is 17.9 Å². The number of nitrogens with two attached hydrogens (primary N) is 1. The zero-order valence-electron chi connectivity index (χ0n) is 19.9. The second-order valence-electron chi connectivity index (χ2n) is 9.23. The Hall–Kier alpha value is -4.20. The summed E-state index contributed by atoms with van der Waals surface area (Å²) in [7, 11) is 0. The molecule has 1 saturated carbocycles. The lowest BCUT2D eigenvalue weighted by Crippen LogP contribution is -2.44. The Morgan fingerprint density at radius 2 is 1.61 bits per heavy atom. The molecule has 3 aromatic rings. The summed E-state index contributed by atoms with van der Waals surface area (Å²) in [5.41, 5.74) is 8.74. The molecule has 2 N–H and O–H groups in total. The van der Waals surface area contributed by atoms with Crippen molar-refractivity contribution in [3.8, 4) is 5.88 Å². The molecule has 0 radical (unpaired) electrons. The van der Waals surface area contributed by atoms with Gasteiger partial charge in [0.05, 0.1) is 0 Å². The molecule has 4 amide bonds. The van der Waals surface area contributed by atoms with Crippen molar-refractivity contribution in [3.05, 3.63) is 89.6 Å². The quantitative estimate of drug-likeness (QED) is 0.512.